The number of halogens is 2. The van der Waals surface area contributed by atoms with E-state index >= 15 is 0 Å². The van der Waals surface area contributed by atoms with E-state index in [1.54, 1.807) is 17.0 Å². The van der Waals surface area contributed by atoms with Crippen LogP contribution in [0.25, 0.3) is 11.5 Å². The maximum Gasteiger partial charge on any atom is 0.261 e. The maximum atomic E-state index is 14.2. The summed E-state index contributed by atoms with van der Waals surface area (Å²) in [5.41, 5.74) is 6.46. The van der Waals surface area contributed by atoms with Crippen molar-refractivity contribution in [1.29, 1.82) is 0 Å². The summed E-state index contributed by atoms with van der Waals surface area (Å²) in [6.45, 7) is 0.644. The Hall–Kier alpha value is -1.99. The first-order valence-electron chi connectivity index (χ1n) is 7.80. The van der Waals surface area contributed by atoms with Gasteiger partial charge < -0.3 is 15.2 Å². The lowest BCUT2D eigenvalue weighted by Gasteiger charge is -2.34. The zero-order valence-electron chi connectivity index (χ0n) is 13.0. The normalized spacial score (nSPS) is 19.1. The van der Waals surface area contributed by atoms with E-state index in [4.69, 9.17) is 10.3 Å². The van der Waals surface area contributed by atoms with Crippen molar-refractivity contribution in [3.05, 3.63) is 29.8 Å². The predicted octanol–water partition coefficient (Wildman–Crippen LogP) is 2.76. The van der Waals surface area contributed by atoms with Gasteiger partial charge in [-0.25, -0.2) is 4.39 Å². The largest absolute Gasteiger partial charge is 0.334 e. The molecule has 2 heterocycles. The van der Waals surface area contributed by atoms with Crippen LogP contribution < -0.4 is 10.6 Å². The first-order chi connectivity index (χ1) is 11.1. The second-order valence-electron chi connectivity index (χ2n) is 6.25. The molecule has 0 radical (unpaired) electrons. The van der Waals surface area contributed by atoms with E-state index in [1.165, 1.54) is 6.07 Å². The van der Waals surface area contributed by atoms with Crippen LogP contribution in [0, 0.1) is 5.82 Å². The zero-order chi connectivity index (χ0) is 16.0. The summed E-state index contributed by atoms with van der Waals surface area (Å²) >= 11 is 0. The van der Waals surface area contributed by atoms with Crippen molar-refractivity contribution < 1.29 is 13.7 Å². The summed E-state index contributed by atoms with van der Waals surface area (Å²) in [5.74, 6) is 0.1000. The Morgan fingerprint density at radius 2 is 2.08 bits per heavy atom. The number of hydrogen-bond donors (Lipinski definition) is 1. The molecule has 0 spiro atoms. The quantitative estimate of drug-likeness (QED) is 0.918. The molecule has 1 saturated heterocycles. The van der Waals surface area contributed by atoms with Gasteiger partial charge in [-0.1, -0.05) is 5.16 Å². The van der Waals surface area contributed by atoms with Crippen molar-refractivity contribution in [3.63, 3.8) is 0 Å². The Balaban J connectivity index is 0.00000169. The maximum absolute atomic E-state index is 14.2. The number of rotatable bonds is 3. The molecule has 6 nitrogen and oxygen atoms in total. The van der Waals surface area contributed by atoms with E-state index in [0.717, 1.165) is 25.7 Å². The standard InChI is InChI=1S/C16H17FN4O2.ClH/c17-12-5-4-10(21-8-1-3-13(21)22)9-11(12)14-19-15(20-23-14)16(18)6-2-7-16;/h4-5,9H,1-3,6-8,18H2;1H. The lowest BCUT2D eigenvalue weighted by Crippen LogP contribution is -2.44. The van der Waals surface area contributed by atoms with Crippen LogP contribution in [0.4, 0.5) is 10.1 Å². The minimum absolute atomic E-state index is 0. The van der Waals surface area contributed by atoms with Crippen LogP contribution in [-0.4, -0.2) is 22.6 Å². The van der Waals surface area contributed by atoms with E-state index in [9.17, 15) is 9.18 Å². The van der Waals surface area contributed by atoms with Gasteiger partial charge in [-0.15, -0.1) is 12.4 Å². The van der Waals surface area contributed by atoms with Gasteiger partial charge in [-0.05, 0) is 43.9 Å². The second kappa shape index (κ2) is 6.14. The average Bonchev–Trinajstić information content (AvgIpc) is 3.15. The molecule has 2 fully saturated rings. The molecule has 1 aromatic carbocycles. The van der Waals surface area contributed by atoms with Crippen molar-refractivity contribution in [2.45, 2.75) is 37.6 Å². The van der Waals surface area contributed by atoms with Crippen molar-refractivity contribution in [3.8, 4) is 11.5 Å². The third-order valence-corrected chi connectivity index (χ3v) is 4.68. The highest BCUT2D eigenvalue weighted by atomic mass is 35.5. The molecule has 8 heteroatoms. The number of amides is 1. The Morgan fingerprint density at radius 1 is 1.29 bits per heavy atom. The van der Waals surface area contributed by atoms with E-state index in [-0.39, 0.29) is 29.8 Å². The van der Waals surface area contributed by atoms with Crippen LogP contribution in [0.2, 0.25) is 0 Å². The van der Waals surface area contributed by atoms with Gasteiger partial charge in [0, 0.05) is 18.7 Å². The second-order valence-corrected chi connectivity index (χ2v) is 6.25. The molecule has 2 N–H and O–H groups in total. The first kappa shape index (κ1) is 16.9. The van der Waals surface area contributed by atoms with Crippen molar-refractivity contribution in [1.82, 2.24) is 10.1 Å². The van der Waals surface area contributed by atoms with Gasteiger partial charge in [0.25, 0.3) is 5.89 Å². The number of anilines is 1. The van der Waals surface area contributed by atoms with Crippen LogP contribution in [0.5, 0.6) is 0 Å². The van der Waals surface area contributed by atoms with E-state index < -0.39 is 11.4 Å². The van der Waals surface area contributed by atoms with Gasteiger partial charge in [-0.3, -0.25) is 4.79 Å². The SMILES string of the molecule is Cl.NC1(c2noc(-c3cc(N4CCCC4=O)ccc3F)n2)CCC1. The molecule has 1 aliphatic carbocycles. The molecule has 0 atom stereocenters. The number of carbonyl (C=O) groups is 1. The molecule has 128 valence electrons. The molecule has 1 aromatic heterocycles. The minimum atomic E-state index is -0.555. The number of aromatic nitrogens is 2. The number of hydrogen-bond acceptors (Lipinski definition) is 5. The highest BCUT2D eigenvalue weighted by Crippen LogP contribution is 2.38. The third-order valence-electron chi connectivity index (χ3n) is 4.68. The van der Waals surface area contributed by atoms with Gasteiger partial charge in [0.1, 0.15) is 5.82 Å². The number of benzene rings is 1. The molecule has 2 aromatic rings. The fourth-order valence-corrected chi connectivity index (χ4v) is 3.08. The number of carbonyl (C=O) groups excluding carboxylic acids is 1. The minimum Gasteiger partial charge on any atom is -0.334 e. The molecule has 2 aliphatic rings. The Morgan fingerprint density at radius 3 is 2.71 bits per heavy atom. The van der Waals surface area contributed by atoms with E-state index in [0.29, 0.717) is 24.5 Å². The molecular formula is C16H18ClFN4O2. The smallest absolute Gasteiger partial charge is 0.261 e. The molecule has 4 rings (SSSR count). The Kier molecular flexibility index (Phi) is 4.31. The molecule has 1 saturated carbocycles. The van der Waals surface area contributed by atoms with Gasteiger partial charge >= 0.3 is 0 Å². The monoisotopic (exact) mass is 352 g/mol. The Labute approximate surface area is 144 Å². The molecule has 1 amide bonds. The van der Waals surface area contributed by atoms with Gasteiger partial charge in [0.2, 0.25) is 5.91 Å². The Bertz CT molecular complexity index is 775. The molecule has 0 unspecified atom stereocenters. The lowest BCUT2D eigenvalue weighted by molar-refractivity contribution is -0.117. The van der Waals surface area contributed by atoms with Crippen LogP contribution in [0.3, 0.4) is 0 Å². The first-order valence-corrected chi connectivity index (χ1v) is 7.80. The molecular weight excluding hydrogens is 335 g/mol. The van der Waals surface area contributed by atoms with Crippen molar-refractivity contribution in [2.75, 3.05) is 11.4 Å². The van der Waals surface area contributed by atoms with Crippen molar-refractivity contribution >= 4 is 24.0 Å². The fraction of sp³-hybridized carbons (Fsp3) is 0.438. The topological polar surface area (TPSA) is 85.2 Å². The zero-order valence-corrected chi connectivity index (χ0v) is 13.8. The molecule has 0 bridgehead atoms. The van der Waals surface area contributed by atoms with Gasteiger partial charge in [-0.2, -0.15) is 4.98 Å². The summed E-state index contributed by atoms with van der Waals surface area (Å²) in [5, 5.41) is 3.91. The van der Waals surface area contributed by atoms with Gasteiger partial charge in [0.05, 0.1) is 11.1 Å². The predicted molar refractivity (Wildman–Crippen MR) is 88.2 cm³/mol. The summed E-state index contributed by atoms with van der Waals surface area (Å²) in [7, 11) is 0. The van der Waals surface area contributed by atoms with Crippen molar-refractivity contribution in [2.24, 2.45) is 5.73 Å². The van der Waals surface area contributed by atoms with E-state index in [1.807, 2.05) is 0 Å². The molecule has 1 aliphatic heterocycles. The number of nitrogens with two attached hydrogens (primary N) is 1. The summed E-state index contributed by atoms with van der Waals surface area (Å²) in [6, 6.07) is 4.50. The number of nitrogens with zero attached hydrogens (tertiary/aromatic N) is 3. The third kappa shape index (κ3) is 2.67. The van der Waals surface area contributed by atoms with Crippen LogP contribution in [0.1, 0.15) is 37.9 Å². The summed E-state index contributed by atoms with van der Waals surface area (Å²) in [6.07, 6.45) is 3.97. The highest BCUT2D eigenvalue weighted by Gasteiger charge is 2.39. The lowest BCUT2D eigenvalue weighted by atomic mass is 9.77. The highest BCUT2D eigenvalue weighted by molar-refractivity contribution is 5.95. The van der Waals surface area contributed by atoms with Crippen LogP contribution in [-0.2, 0) is 10.3 Å². The van der Waals surface area contributed by atoms with Crippen LogP contribution in [0.15, 0.2) is 22.7 Å². The average molecular weight is 353 g/mol. The van der Waals surface area contributed by atoms with E-state index in [2.05, 4.69) is 10.1 Å². The van der Waals surface area contributed by atoms with Gasteiger partial charge in [0.15, 0.2) is 5.82 Å². The fourth-order valence-electron chi connectivity index (χ4n) is 3.08. The molecule has 24 heavy (non-hydrogen) atoms. The summed E-state index contributed by atoms with van der Waals surface area (Å²) in [4.78, 5) is 17.8. The van der Waals surface area contributed by atoms with Crippen LogP contribution >= 0.6 is 12.4 Å². The summed E-state index contributed by atoms with van der Waals surface area (Å²) < 4.78 is 19.4.